The predicted octanol–water partition coefficient (Wildman–Crippen LogP) is 9.54. The molecular formula is C40H49BrFN3O5. The first-order valence-corrected chi connectivity index (χ1v) is 18.4. The molecule has 8 nitrogen and oxygen atoms in total. The third-order valence-electron chi connectivity index (χ3n) is 9.83. The molecule has 10 heteroatoms. The molecule has 2 aromatic heterocycles. The topological polar surface area (TPSA) is 74.5 Å². The van der Waals surface area contributed by atoms with Crippen LogP contribution in [-0.2, 0) is 19.0 Å². The fraction of sp³-hybridized carbons (Fsp3) is 0.500. The molecule has 0 amide bonds. The van der Waals surface area contributed by atoms with Crippen molar-refractivity contribution in [3.05, 3.63) is 69.6 Å². The molecule has 2 unspecified atom stereocenters. The first kappa shape index (κ1) is 36.3. The fourth-order valence-corrected chi connectivity index (χ4v) is 7.73. The van der Waals surface area contributed by atoms with Crippen molar-refractivity contribution >= 4 is 33.4 Å². The molecule has 6 bridgehead atoms. The number of hydrogen-bond donors (Lipinski definition) is 0. The number of carbonyl (C=O) groups is 1. The number of halogens is 2. The van der Waals surface area contributed by atoms with Gasteiger partial charge < -0.3 is 23.8 Å². The second kappa shape index (κ2) is 14.3. The van der Waals surface area contributed by atoms with Crippen LogP contribution in [0.5, 0.6) is 5.75 Å². The molecule has 50 heavy (non-hydrogen) atoms. The Morgan fingerprint density at radius 1 is 1.08 bits per heavy atom. The Morgan fingerprint density at radius 2 is 1.80 bits per heavy atom. The van der Waals surface area contributed by atoms with Crippen LogP contribution >= 0.6 is 15.9 Å². The molecule has 5 heterocycles. The Bertz CT molecular complexity index is 1890. The van der Waals surface area contributed by atoms with Crippen molar-refractivity contribution in [2.24, 2.45) is 0 Å². The minimum Gasteiger partial charge on any atom is -0.490 e. The largest absolute Gasteiger partial charge is 0.490 e. The van der Waals surface area contributed by atoms with Crippen LogP contribution in [0.3, 0.4) is 0 Å². The highest BCUT2D eigenvalue weighted by molar-refractivity contribution is 9.10. The lowest BCUT2D eigenvalue weighted by Crippen LogP contribution is -2.45. The van der Waals surface area contributed by atoms with Crippen LogP contribution in [0.1, 0.15) is 89.5 Å². The van der Waals surface area contributed by atoms with Crippen LogP contribution in [0.4, 0.5) is 10.2 Å². The van der Waals surface area contributed by atoms with Crippen LogP contribution < -0.4 is 9.64 Å². The maximum atomic E-state index is 15.1. The summed E-state index contributed by atoms with van der Waals surface area (Å²) in [6, 6.07) is 13.3. The molecule has 0 radical (unpaired) electrons. The monoisotopic (exact) mass is 749 g/mol. The zero-order valence-corrected chi connectivity index (χ0v) is 32.1. The second-order valence-corrected chi connectivity index (χ2v) is 15.8. The van der Waals surface area contributed by atoms with E-state index in [1.807, 2.05) is 58.0 Å². The van der Waals surface area contributed by atoms with Gasteiger partial charge in [-0.2, -0.15) is 0 Å². The van der Waals surface area contributed by atoms with Crippen molar-refractivity contribution in [3.8, 4) is 28.1 Å². The van der Waals surface area contributed by atoms with Crippen molar-refractivity contribution in [1.29, 1.82) is 0 Å². The van der Waals surface area contributed by atoms with Crippen LogP contribution in [0.15, 0.2) is 47.1 Å². The minimum atomic E-state index is -0.965. The van der Waals surface area contributed by atoms with Gasteiger partial charge in [0.25, 0.3) is 0 Å². The van der Waals surface area contributed by atoms with E-state index < -0.39 is 17.7 Å². The number of rotatable bonds is 3. The number of aromatic nitrogens is 2. The molecule has 0 saturated carbocycles. The number of imidazole rings is 1. The summed E-state index contributed by atoms with van der Waals surface area (Å²) in [6.45, 7) is 15.9. The van der Waals surface area contributed by atoms with E-state index in [4.69, 9.17) is 23.9 Å². The van der Waals surface area contributed by atoms with E-state index in [0.717, 1.165) is 76.1 Å². The zero-order chi connectivity index (χ0) is 36.0. The third kappa shape index (κ3) is 7.44. The summed E-state index contributed by atoms with van der Waals surface area (Å²) in [4.78, 5) is 21.0. The Hall–Kier alpha value is -3.47. The number of ether oxygens (including phenoxy) is 4. The number of hydrogen-bond acceptors (Lipinski definition) is 7. The number of pyridine rings is 1. The number of methoxy groups -OCH3 is 1. The van der Waals surface area contributed by atoms with Crippen molar-refractivity contribution in [2.45, 2.75) is 104 Å². The van der Waals surface area contributed by atoms with Crippen molar-refractivity contribution in [2.75, 3.05) is 31.7 Å². The van der Waals surface area contributed by atoms with Crippen LogP contribution in [-0.4, -0.2) is 59.5 Å². The van der Waals surface area contributed by atoms with Gasteiger partial charge in [0, 0.05) is 36.4 Å². The number of nitrogens with zero attached hydrogens (tertiary/aromatic N) is 3. The van der Waals surface area contributed by atoms with Gasteiger partial charge in [-0.05, 0) is 137 Å². The summed E-state index contributed by atoms with van der Waals surface area (Å²) in [5, 5.41) is 0. The van der Waals surface area contributed by atoms with Gasteiger partial charge in [-0.25, -0.2) is 14.2 Å². The molecule has 0 aliphatic carbocycles. The number of carbonyl (C=O) groups excluding carboxylic acids is 1. The summed E-state index contributed by atoms with van der Waals surface area (Å²) in [7, 11) is 1.40. The average molecular weight is 751 g/mol. The van der Waals surface area contributed by atoms with Gasteiger partial charge in [0.15, 0.2) is 6.10 Å². The van der Waals surface area contributed by atoms with E-state index >= 15 is 4.39 Å². The summed E-state index contributed by atoms with van der Waals surface area (Å²) in [5.41, 5.74) is 5.08. The van der Waals surface area contributed by atoms with E-state index in [1.54, 1.807) is 19.1 Å². The summed E-state index contributed by atoms with van der Waals surface area (Å²) in [6.07, 6.45) is 3.35. The molecule has 4 aromatic rings. The average Bonchev–Trinajstić information content (AvgIpc) is 3.39. The SMILES string of the molecule is COC(=O)C(OC(C)(C)C)c1c(C)cc2nc3c(Br)n2c1N1CCC(C)(CC1)OCCCCC(C)Oc1cc(C)c(F)cc1-c1cccc-3c1. The van der Waals surface area contributed by atoms with Crippen molar-refractivity contribution in [1.82, 2.24) is 9.38 Å². The summed E-state index contributed by atoms with van der Waals surface area (Å²) < 4.78 is 42.8. The highest BCUT2D eigenvalue weighted by Crippen LogP contribution is 2.43. The number of piperidine rings is 1. The van der Waals surface area contributed by atoms with Gasteiger partial charge >= 0.3 is 5.97 Å². The zero-order valence-electron chi connectivity index (χ0n) is 30.5. The Labute approximate surface area is 303 Å². The van der Waals surface area contributed by atoms with Crippen LogP contribution in [0.25, 0.3) is 28.0 Å². The molecule has 1 saturated heterocycles. The summed E-state index contributed by atoms with van der Waals surface area (Å²) >= 11 is 3.95. The molecule has 268 valence electrons. The van der Waals surface area contributed by atoms with E-state index in [-0.39, 0.29) is 17.5 Å². The number of esters is 1. The molecule has 1 fully saturated rings. The van der Waals surface area contributed by atoms with Gasteiger partial charge in [0.2, 0.25) is 0 Å². The normalized spacial score (nSPS) is 20.8. The number of aryl methyl sites for hydroxylation is 2. The Kier molecular flexibility index (Phi) is 10.4. The number of benzene rings is 2. The van der Waals surface area contributed by atoms with Gasteiger partial charge in [-0.1, -0.05) is 18.2 Å². The lowest BCUT2D eigenvalue weighted by atomic mass is 9.92. The van der Waals surface area contributed by atoms with E-state index in [0.29, 0.717) is 36.6 Å². The smallest absolute Gasteiger partial charge is 0.339 e. The lowest BCUT2D eigenvalue weighted by Gasteiger charge is -2.42. The molecule has 3 aliphatic heterocycles. The first-order chi connectivity index (χ1) is 23.7. The van der Waals surface area contributed by atoms with Crippen molar-refractivity contribution in [3.63, 3.8) is 0 Å². The minimum absolute atomic E-state index is 0.0502. The standard InChI is InChI=1S/C40H49BrFN3O5/c1-24-20-31-29(23-30(24)42)27-13-11-14-28(22-27)34-36(41)45-32(43-34)21-25(2)33(35(38(46)47-8)50-39(4,5)6)37(45)44-17-15-40(7,16-18-44)48-19-10-9-12-26(3)49-31/h11,13-14,20-23,26,35H,9-10,12,15-19H2,1-8H3. The Balaban J connectivity index is 1.58. The van der Waals surface area contributed by atoms with E-state index in [2.05, 4.69) is 39.1 Å². The van der Waals surface area contributed by atoms with E-state index in [1.165, 1.54) is 7.11 Å². The first-order valence-electron chi connectivity index (χ1n) is 17.6. The predicted molar refractivity (Wildman–Crippen MR) is 199 cm³/mol. The lowest BCUT2D eigenvalue weighted by molar-refractivity contribution is -0.164. The van der Waals surface area contributed by atoms with Gasteiger partial charge in [0.05, 0.1) is 24.4 Å². The quantitative estimate of drug-likeness (QED) is 0.193. The van der Waals surface area contributed by atoms with Gasteiger partial charge in [0.1, 0.15) is 33.3 Å². The molecule has 2 aromatic carbocycles. The van der Waals surface area contributed by atoms with Crippen LogP contribution in [0.2, 0.25) is 0 Å². The maximum absolute atomic E-state index is 15.1. The highest BCUT2D eigenvalue weighted by atomic mass is 79.9. The van der Waals surface area contributed by atoms with Gasteiger partial charge in [-0.3, -0.25) is 4.40 Å². The van der Waals surface area contributed by atoms with Crippen molar-refractivity contribution < 1.29 is 28.1 Å². The maximum Gasteiger partial charge on any atom is 0.339 e. The second-order valence-electron chi connectivity index (χ2n) is 15.0. The van der Waals surface area contributed by atoms with E-state index in [9.17, 15) is 4.79 Å². The number of anilines is 1. The summed E-state index contributed by atoms with van der Waals surface area (Å²) in [5.74, 6) is 0.746. The molecule has 2 atom stereocenters. The fourth-order valence-electron chi connectivity index (χ4n) is 7.06. The molecular weight excluding hydrogens is 701 g/mol. The van der Waals surface area contributed by atoms with Gasteiger partial charge in [-0.15, -0.1) is 0 Å². The number of fused-ring (bicyclic) bond motifs is 8. The molecule has 0 spiro atoms. The molecule has 3 aliphatic rings. The van der Waals surface area contributed by atoms with Crippen LogP contribution in [0, 0.1) is 19.7 Å². The highest BCUT2D eigenvalue weighted by Gasteiger charge is 2.38. The molecule has 7 rings (SSSR count). The Morgan fingerprint density at radius 3 is 2.50 bits per heavy atom. The third-order valence-corrected chi connectivity index (χ3v) is 10.6. The molecule has 0 N–H and O–H groups in total.